The lowest BCUT2D eigenvalue weighted by Gasteiger charge is -2.21. The van der Waals surface area contributed by atoms with Gasteiger partial charge in [0.25, 0.3) is 5.56 Å². The van der Waals surface area contributed by atoms with Crippen molar-refractivity contribution in [1.82, 2.24) is 9.13 Å². The Hall–Kier alpha value is -2.31. The van der Waals surface area contributed by atoms with Crippen molar-refractivity contribution in [1.29, 1.82) is 0 Å². The molecule has 0 aliphatic carbocycles. The smallest absolute Gasteiger partial charge is 0.387 e. The van der Waals surface area contributed by atoms with Crippen molar-refractivity contribution < 1.29 is 69.5 Å². The van der Waals surface area contributed by atoms with Crippen molar-refractivity contribution in [3.63, 3.8) is 0 Å². The van der Waals surface area contributed by atoms with E-state index < -0.39 is 94.4 Å². The second-order valence-electron chi connectivity index (χ2n) is 8.06. The molecule has 21 heteroatoms. The van der Waals surface area contributed by atoms with Gasteiger partial charge in [0.05, 0.1) is 6.61 Å². The molecular formula is C18H19F5N2O12P2. The summed E-state index contributed by atoms with van der Waals surface area (Å²) in [6.07, 6.45) is -14.2. The predicted octanol–water partition coefficient (Wildman–Crippen LogP) is 0.395. The average molecular weight is 612 g/mol. The number of aliphatic hydroxyl groups is 2. The fourth-order valence-electron chi connectivity index (χ4n) is 3.57. The minimum atomic E-state index is -5.53. The number of aromatic nitrogens is 2. The van der Waals surface area contributed by atoms with Crippen LogP contribution in [-0.2, 0) is 41.8 Å². The average Bonchev–Trinajstić information content (AvgIpc) is 3.05. The zero-order valence-electron chi connectivity index (χ0n) is 19.0. The molecule has 2 aromatic rings. The Morgan fingerprint density at radius 3 is 2.26 bits per heavy atom. The van der Waals surface area contributed by atoms with E-state index in [1.54, 1.807) is 0 Å². The van der Waals surface area contributed by atoms with Gasteiger partial charge in [0.15, 0.2) is 6.23 Å². The molecule has 1 unspecified atom stereocenters. The van der Waals surface area contributed by atoms with E-state index in [0.717, 1.165) is 12.1 Å². The van der Waals surface area contributed by atoms with E-state index in [-0.39, 0.29) is 20.9 Å². The highest BCUT2D eigenvalue weighted by Crippen LogP contribution is 2.57. The van der Waals surface area contributed by atoms with E-state index in [0.29, 0.717) is 6.07 Å². The summed E-state index contributed by atoms with van der Waals surface area (Å²) in [7, 11) is -11.0. The number of alkyl halides is 3. The SMILES string of the molecule is O=c1c(C(F)(F)F)cn([C@@H]2O[C@H](COP(=O)(O)OP(=O)(O)O)[C@@H](O)[C@H]2O)c(=O)n1CCc1ccc(F)cc1F. The Morgan fingerprint density at radius 1 is 1.05 bits per heavy atom. The first-order chi connectivity index (χ1) is 17.8. The van der Waals surface area contributed by atoms with Crippen LogP contribution in [0.15, 0.2) is 34.0 Å². The highest BCUT2D eigenvalue weighted by atomic mass is 31.3. The van der Waals surface area contributed by atoms with Crippen LogP contribution in [0.4, 0.5) is 22.0 Å². The third kappa shape index (κ3) is 7.46. The number of ether oxygens (including phenoxy) is 1. The van der Waals surface area contributed by atoms with Crippen molar-refractivity contribution in [3.8, 4) is 0 Å². The molecule has 1 aromatic carbocycles. The summed E-state index contributed by atoms with van der Waals surface area (Å²) in [5, 5.41) is 20.5. The van der Waals surface area contributed by atoms with Gasteiger partial charge in [-0.2, -0.15) is 17.5 Å². The second kappa shape index (κ2) is 11.3. The lowest BCUT2D eigenvalue weighted by Crippen LogP contribution is -2.46. The van der Waals surface area contributed by atoms with Crippen LogP contribution in [-0.4, -0.2) is 58.9 Å². The molecule has 0 amide bonds. The van der Waals surface area contributed by atoms with E-state index in [1.165, 1.54) is 0 Å². The molecule has 1 fully saturated rings. The number of hydrogen-bond donors (Lipinski definition) is 5. The molecule has 0 saturated carbocycles. The summed E-state index contributed by atoms with van der Waals surface area (Å²) in [6, 6.07) is 2.27. The number of hydrogen-bond acceptors (Lipinski definition) is 9. The molecule has 1 aliphatic rings. The normalized spacial score (nSPS) is 23.6. The molecular weight excluding hydrogens is 593 g/mol. The molecule has 0 spiro atoms. The Labute approximate surface area is 213 Å². The monoisotopic (exact) mass is 612 g/mol. The molecule has 0 radical (unpaired) electrons. The number of aliphatic hydroxyl groups excluding tert-OH is 2. The number of rotatable bonds is 9. The highest BCUT2D eigenvalue weighted by molar-refractivity contribution is 7.60. The van der Waals surface area contributed by atoms with Gasteiger partial charge in [0, 0.05) is 18.8 Å². The maximum absolute atomic E-state index is 14.0. The van der Waals surface area contributed by atoms with Gasteiger partial charge in [-0.05, 0) is 18.1 Å². The molecule has 39 heavy (non-hydrogen) atoms. The lowest BCUT2D eigenvalue weighted by atomic mass is 10.1. The van der Waals surface area contributed by atoms with Crippen LogP contribution in [0.5, 0.6) is 0 Å². The number of phosphoric acid groups is 2. The summed E-state index contributed by atoms with van der Waals surface area (Å²) in [6.45, 7) is -2.05. The summed E-state index contributed by atoms with van der Waals surface area (Å²) in [5.41, 5.74) is -5.51. The van der Waals surface area contributed by atoms with Crippen molar-refractivity contribution in [2.24, 2.45) is 0 Å². The van der Waals surface area contributed by atoms with Crippen LogP contribution < -0.4 is 11.2 Å². The molecule has 1 saturated heterocycles. The molecule has 1 aliphatic heterocycles. The third-order valence-electron chi connectivity index (χ3n) is 5.34. The number of nitrogens with zero attached hydrogens (tertiary/aromatic N) is 2. The van der Waals surface area contributed by atoms with Gasteiger partial charge in [-0.25, -0.2) is 22.7 Å². The highest BCUT2D eigenvalue weighted by Gasteiger charge is 2.47. The van der Waals surface area contributed by atoms with Crippen LogP contribution >= 0.6 is 15.6 Å². The van der Waals surface area contributed by atoms with Gasteiger partial charge in [0.1, 0.15) is 35.5 Å². The first kappa shape index (κ1) is 31.2. The maximum Gasteiger partial charge on any atom is 0.481 e. The fraction of sp³-hybridized carbons (Fsp3) is 0.444. The number of halogens is 5. The summed E-state index contributed by atoms with van der Waals surface area (Å²) < 4.78 is 103. The topological polar surface area (TPSA) is 207 Å². The predicted molar refractivity (Wildman–Crippen MR) is 115 cm³/mol. The van der Waals surface area contributed by atoms with Crippen LogP contribution in [0, 0.1) is 11.6 Å². The molecule has 14 nitrogen and oxygen atoms in total. The molecule has 5 atom stereocenters. The Bertz CT molecular complexity index is 1440. The van der Waals surface area contributed by atoms with E-state index >= 15 is 0 Å². The number of aryl methyl sites for hydroxylation is 1. The van der Waals surface area contributed by atoms with Crippen molar-refractivity contribution >= 4 is 15.6 Å². The van der Waals surface area contributed by atoms with Gasteiger partial charge in [-0.15, -0.1) is 0 Å². The van der Waals surface area contributed by atoms with Crippen LogP contribution in [0.1, 0.15) is 17.4 Å². The van der Waals surface area contributed by atoms with Crippen LogP contribution in [0.3, 0.4) is 0 Å². The van der Waals surface area contributed by atoms with Gasteiger partial charge in [-0.1, -0.05) is 6.07 Å². The molecule has 218 valence electrons. The summed E-state index contributed by atoms with van der Waals surface area (Å²) in [5.74, 6) is -2.05. The first-order valence-corrected chi connectivity index (χ1v) is 13.5. The first-order valence-electron chi connectivity index (χ1n) is 10.4. The zero-order chi connectivity index (χ0) is 29.5. The number of phosphoric ester groups is 1. The van der Waals surface area contributed by atoms with Gasteiger partial charge in [0.2, 0.25) is 0 Å². The van der Waals surface area contributed by atoms with E-state index in [9.17, 15) is 55.8 Å². The minimum absolute atomic E-state index is 0.00266. The van der Waals surface area contributed by atoms with E-state index in [2.05, 4.69) is 8.83 Å². The standard InChI is InChI=1S/C18H19F5N2O12P2/c19-9-2-1-8(11(20)5-9)3-4-24-15(28)10(18(21,22)23)6-25(17(24)29)16-14(27)13(26)12(36-16)7-35-39(33,34)37-38(30,31)32/h1-2,5-6,12-14,16,26-27H,3-4,7H2,(H,33,34)(H2,30,31,32)/t12-,13-,14-,16-/m1/s1. The maximum atomic E-state index is 14.0. The van der Waals surface area contributed by atoms with Gasteiger partial charge in [-0.3, -0.25) is 18.5 Å². The quantitative estimate of drug-likeness (QED) is 0.193. The van der Waals surface area contributed by atoms with Crippen molar-refractivity contribution in [2.75, 3.05) is 6.61 Å². The largest absolute Gasteiger partial charge is 0.481 e. The molecule has 3 rings (SSSR count). The Kier molecular flexibility index (Phi) is 9.03. The second-order valence-corrected chi connectivity index (χ2v) is 10.9. The third-order valence-corrected chi connectivity index (χ3v) is 7.50. The van der Waals surface area contributed by atoms with Crippen molar-refractivity contribution in [3.05, 3.63) is 68.0 Å². The Balaban J connectivity index is 1.94. The fourth-order valence-corrected chi connectivity index (χ4v) is 5.17. The Morgan fingerprint density at radius 2 is 1.69 bits per heavy atom. The van der Waals surface area contributed by atoms with Crippen LogP contribution in [0.25, 0.3) is 0 Å². The van der Waals surface area contributed by atoms with Gasteiger partial charge >= 0.3 is 27.5 Å². The number of benzene rings is 1. The van der Waals surface area contributed by atoms with Crippen LogP contribution in [0.2, 0.25) is 0 Å². The summed E-state index contributed by atoms with van der Waals surface area (Å²) in [4.78, 5) is 52.0. The molecule has 2 heterocycles. The van der Waals surface area contributed by atoms with E-state index in [4.69, 9.17) is 14.5 Å². The van der Waals surface area contributed by atoms with Crippen molar-refractivity contribution in [2.45, 2.75) is 43.7 Å². The molecule has 1 aromatic heterocycles. The zero-order valence-corrected chi connectivity index (χ0v) is 20.8. The molecule has 0 bridgehead atoms. The van der Waals surface area contributed by atoms with E-state index in [1.807, 2.05) is 0 Å². The lowest BCUT2D eigenvalue weighted by molar-refractivity contribution is -0.140. The minimum Gasteiger partial charge on any atom is -0.387 e. The van der Waals surface area contributed by atoms with Gasteiger partial charge < -0.3 is 29.6 Å². The molecule has 5 N–H and O–H groups in total. The summed E-state index contributed by atoms with van der Waals surface area (Å²) >= 11 is 0.